The maximum absolute atomic E-state index is 11.4. The first-order valence-electron chi connectivity index (χ1n) is 4.94. The number of aldehydes is 1. The summed E-state index contributed by atoms with van der Waals surface area (Å²) < 4.78 is 1.48. The molecule has 86 valence electrons. The van der Waals surface area contributed by atoms with E-state index in [1.54, 1.807) is 31.2 Å². The van der Waals surface area contributed by atoms with Crippen LogP contribution in [0.5, 0.6) is 0 Å². The van der Waals surface area contributed by atoms with Crippen LogP contribution in [0.15, 0.2) is 35.1 Å². The van der Waals surface area contributed by atoms with Crippen LogP contribution in [0, 0.1) is 6.92 Å². The quantitative estimate of drug-likeness (QED) is 0.764. The number of para-hydroxylation sites is 1. The van der Waals surface area contributed by atoms with E-state index in [-0.39, 0.29) is 11.1 Å². The molecule has 0 amide bonds. The Morgan fingerprint density at radius 1 is 1.35 bits per heavy atom. The maximum Gasteiger partial charge on any atom is 0.211 e. The molecular formula is C12H9ClN2O2. The van der Waals surface area contributed by atoms with Gasteiger partial charge in [-0.15, -0.1) is 0 Å². The van der Waals surface area contributed by atoms with Gasteiger partial charge in [-0.3, -0.25) is 9.59 Å². The molecule has 17 heavy (non-hydrogen) atoms. The van der Waals surface area contributed by atoms with Crippen LogP contribution in [-0.2, 0) is 0 Å². The minimum atomic E-state index is -0.388. The molecule has 0 N–H and O–H groups in total. The summed E-state index contributed by atoms with van der Waals surface area (Å²) in [5.74, 6) is 0. The minimum absolute atomic E-state index is 0.129. The van der Waals surface area contributed by atoms with Gasteiger partial charge >= 0.3 is 0 Å². The average Bonchev–Trinajstić information content (AvgIpc) is 2.31. The van der Waals surface area contributed by atoms with E-state index in [1.807, 2.05) is 0 Å². The highest BCUT2D eigenvalue weighted by Gasteiger charge is 2.08. The van der Waals surface area contributed by atoms with E-state index in [1.165, 1.54) is 10.7 Å². The van der Waals surface area contributed by atoms with E-state index in [2.05, 4.69) is 5.10 Å². The van der Waals surface area contributed by atoms with Crippen molar-refractivity contribution >= 4 is 17.9 Å². The highest BCUT2D eigenvalue weighted by Crippen LogP contribution is 2.19. The van der Waals surface area contributed by atoms with Crippen LogP contribution >= 0.6 is 11.6 Å². The van der Waals surface area contributed by atoms with Crippen LogP contribution in [-0.4, -0.2) is 16.1 Å². The van der Waals surface area contributed by atoms with E-state index in [0.29, 0.717) is 22.7 Å². The van der Waals surface area contributed by atoms with Crippen LogP contribution in [0.4, 0.5) is 0 Å². The Morgan fingerprint density at radius 3 is 2.71 bits per heavy atom. The summed E-state index contributed by atoms with van der Waals surface area (Å²) in [5.41, 5.74) is 0.736. The molecule has 0 saturated heterocycles. The maximum atomic E-state index is 11.4. The van der Waals surface area contributed by atoms with Gasteiger partial charge in [0, 0.05) is 11.8 Å². The Kier molecular flexibility index (Phi) is 3.06. The number of aryl methyl sites for hydroxylation is 1. The molecule has 0 aliphatic rings. The number of aromatic nitrogens is 2. The van der Waals surface area contributed by atoms with Crippen molar-refractivity contribution in [2.24, 2.45) is 0 Å². The zero-order valence-corrected chi connectivity index (χ0v) is 9.81. The third-order valence-electron chi connectivity index (χ3n) is 2.33. The fraction of sp³-hybridized carbons (Fsp3) is 0.0833. The summed E-state index contributed by atoms with van der Waals surface area (Å²) in [6.45, 7) is 1.73. The molecule has 5 heteroatoms. The number of carbonyl (C=O) groups is 1. The highest BCUT2D eigenvalue weighted by atomic mass is 35.5. The Labute approximate surface area is 102 Å². The number of nitrogens with zero attached hydrogens (tertiary/aromatic N) is 2. The Balaban J connectivity index is 2.72. The predicted molar refractivity (Wildman–Crippen MR) is 65.0 cm³/mol. The lowest BCUT2D eigenvalue weighted by molar-refractivity contribution is 0.111. The smallest absolute Gasteiger partial charge is 0.211 e. The summed E-state index contributed by atoms with van der Waals surface area (Å²) in [6, 6.07) is 8.45. The highest BCUT2D eigenvalue weighted by molar-refractivity contribution is 6.32. The second-order valence-electron chi connectivity index (χ2n) is 3.52. The number of benzene rings is 1. The number of hydrogen-bond acceptors (Lipinski definition) is 3. The first-order chi connectivity index (χ1) is 8.13. The van der Waals surface area contributed by atoms with E-state index < -0.39 is 0 Å². The molecule has 0 atom stereocenters. The summed E-state index contributed by atoms with van der Waals surface area (Å²) >= 11 is 6.04. The molecule has 0 bridgehead atoms. The zero-order valence-electron chi connectivity index (χ0n) is 9.05. The third-order valence-corrected chi connectivity index (χ3v) is 2.65. The number of hydrogen-bond donors (Lipinski definition) is 0. The molecule has 2 aromatic rings. The molecule has 0 unspecified atom stereocenters. The van der Waals surface area contributed by atoms with Crippen molar-refractivity contribution in [1.29, 1.82) is 0 Å². The topological polar surface area (TPSA) is 52.0 Å². The van der Waals surface area contributed by atoms with Crippen molar-refractivity contribution in [1.82, 2.24) is 9.78 Å². The van der Waals surface area contributed by atoms with E-state index in [9.17, 15) is 9.59 Å². The average molecular weight is 249 g/mol. The van der Waals surface area contributed by atoms with Crippen molar-refractivity contribution < 1.29 is 4.79 Å². The van der Waals surface area contributed by atoms with Gasteiger partial charge in [0.15, 0.2) is 12.0 Å². The van der Waals surface area contributed by atoms with Gasteiger partial charge in [0.2, 0.25) is 5.43 Å². The van der Waals surface area contributed by atoms with Gasteiger partial charge in [-0.05, 0) is 19.1 Å². The molecule has 0 saturated carbocycles. The lowest BCUT2D eigenvalue weighted by Crippen LogP contribution is -2.18. The Bertz CT molecular complexity index is 635. The van der Waals surface area contributed by atoms with Crippen LogP contribution in [0.3, 0.4) is 0 Å². The lowest BCUT2D eigenvalue weighted by atomic mass is 10.3. The number of rotatable bonds is 2. The van der Waals surface area contributed by atoms with Crippen LogP contribution in [0.1, 0.15) is 16.2 Å². The fourth-order valence-electron chi connectivity index (χ4n) is 1.51. The first-order valence-corrected chi connectivity index (χ1v) is 5.32. The molecule has 1 aromatic carbocycles. The monoisotopic (exact) mass is 248 g/mol. The summed E-state index contributed by atoms with van der Waals surface area (Å²) in [6.07, 6.45) is 0.440. The SMILES string of the molecule is Cc1cc(=O)c(C=O)nn1-c1ccccc1Cl. The van der Waals surface area contributed by atoms with Gasteiger partial charge < -0.3 is 0 Å². The van der Waals surface area contributed by atoms with Crippen molar-refractivity contribution in [3.63, 3.8) is 0 Å². The van der Waals surface area contributed by atoms with Crippen molar-refractivity contribution in [3.05, 3.63) is 57.0 Å². The molecule has 0 radical (unpaired) electrons. The molecule has 2 rings (SSSR count). The van der Waals surface area contributed by atoms with E-state index in [4.69, 9.17) is 11.6 Å². The molecule has 0 fully saturated rings. The second kappa shape index (κ2) is 4.51. The van der Waals surface area contributed by atoms with Crippen molar-refractivity contribution in [2.45, 2.75) is 6.92 Å². The lowest BCUT2D eigenvalue weighted by Gasteiger charge is -2.10. The zero-order chi connectivity index (χ0) is 12.4. The second-order valence-corrected chi connectivity index (χ2v) is 3.92. The predicted octanol–water partition coefficient (Wildman–Crippen LogP) is 2.01. The summed E-state index contributed by atoms with van der Waals surface area (Å²) in [5, 5.41) is 4.48. The Morgan fingerprint density at radius 2 is 2.06 bits per heavy atom. The number of carbonyl (C=O) groups excluding carboxylic acids is 1. The largest absolute Gasteiger partial charge is 0.296 e. The van der Waals surface area contributed by atoms with E-state index >= 15 is 0 Å². The van der Waals surface area contributed by atoms with Gasteiger partial charge in [0.05, 0.1) is 10.7 Å². The van der Waals surface area contributed by atoms with Gasteiger partial charge in [0.1, 0.15) is 0 Å². The molecule has 0 aliphatic carbocycles. The van der Waals surface area contributed by atoms with Crippen LogP contribution < -0.4 is 5.43 Å². The minimum Gasteiger partial charge on any atom is -0.296 e. The molecule has 1 aromatic heterocycles. The van der Waals surface area contributed by atoms with Crippen LogP contribution in [0.25, 0.3) is 5.69 Å². The van der Waals surface area contributed by atoms with Gasteiger partial charge in [0.25, 0.3) is 0 Å². The van der Waals surface area contributed by atoms with Gasteiger partial charge in [-0.1, -0.05) is 23.7 Å². The van der Waals surface area contributed by atoms with E-state index in [0.717, 1.165) is 0 Å². The summed E-state index contributed by atoms with van der Waals surface area (Å²) in [4.78, 5) is 22.1. The number of halogens is 1. The van der Waals surface area contributed by atoms with Crippen molar-refractivity contribution in [2.75, 3.05) is 0 Å². The van der Waals surface area contributed by atoms with Crippen molar-refractivity contribution in [3.8, 4) is 5.69 Å². The third kappa shape index (κ3) is 2.12. The molecule has 0 spiro atoms. The molecule has 4 nitrogen and oxygen atoms in total. The van der Waals surface area contributed by atoms with Gasteiger partial charge in [-0.2, -0.15) is 5.10 Å². The standard InChI is InChI=1S/C12H9ClN2O2/c1-8-6-12(17)10(7-16)14-15(8)11-5-3-2-4-9(11)13/h2-7H,1H3. The molecule has 1 heterocycles. The Hall–Kier alpha value is -1.94. The molecular weight excluding hydrogens is 240 g/mol. The fourth-order valence-corrected chi connectivity index (χ4v) is 1.73. The molecule has 0 aliphatic heterocycles. The van der Waals surface area contributed by atoms with Gasteiger partial charge in [-0.25, -0.2) is 4.68 Å². The first kappa shape index (κ1) is 11.5. The summed E-state index contributed by atoms with van der Waals surface area (Å²) in [7, 11) is 0. The normalized spacial score (nSPS) is 10.2. The van der Waals surface area contributed by atoms with Crippen LogP contribution in [0.2, 0.25) is 5.02 Å².